The first kappa shape index (κ1) is 15.1. The van der Waals surface area contributed by atoms with E-state index in [1.807, 2.05) is 0 Å². The average Bonchev–Trinajstić information content (AvgIpc) is 2.42. The van der Waals surface area contributed by atoms with E-state index in [4.69, 9.17) is 5.11 Å². The molecule has 1 amide bonds. The topological polar surface area (TPSA) is 79.3 Å². The summed E-state index contributed by atoms with van der Waals surface area (Å²) in [7, 11) is 0. The summed E-state index contributed by atoms with van der Waals surface area (Å²) in [5, 5.41) is 11.6. The zero-order valence-corrected chi connectivity index (χ0v) is 11.1. The van der Waals surface area contributed by atoms with Crippen LogP contribution in [0.4, 0.5) is 0 Å². The number of unbranched alkanes of at least 4 members (excludes halogenated alkanes) is 3. The molecule has 1 aromatic heterocycles. The number of nitrogens with one attached hydrogen (secondary N) is 1. The van der Waals surface area contributed by atoms with Gasteiger partial charge in [-0.15, -0.1) is 0 Å². The van der Waals surface area contributed by atoms with Gasteiger partial charge in [-0.05, 0) is 18.6 Å². The molecule has 0 aromatic carbocycles. The maximum absolute atomic E-state index is 11.8. The number of hydrogen-bond donors (Lipinski definition) is 2. The van der Waals surface area contributed by atoms with Crippen LogP contribution in [-0.4, -0.2) is 28.0 Å². The molecule has 1 atom stereocenters. The maximum Gasteiger partial charge on any atom is 0.326 e. The van der Waals surface area contributed by atoms with Crippen molar-refractivity contribution in [3.05, 3.63) is 30.1 Å². The minimum Gasteiger partial charge on any atom is -0.480 e. The van der Waals surface area contributed by atoms with Crippen molar-refractivity contribution in [3.63, 3.8) is 0 Å². The molecule has 0 bridgehead atoms. The Hall–Kier alpha value is -1.91. The molecule has 5 heteroatoms. The van der Waals surface area contributed by atoms with Crippen molar-refractivity contribution in [2.45, 2.75) is 45.1 Å². The van der Waals surface area contributed by atoms with Crippen LogP contribution in [0.3, 0.4) is 0 Å². The second-order valence-electron chi connectivity index (χ2n) is 4.43. The smallest absolute Gasteiger partial charge is 0.326 e. The van der Waals surface area contributed by atoms with E-state index in [0.29, 0.717) is 6.42 Å². The fourth-order valence-corrected chi connectivity index (χ4v) is 1.76. The lowest BCUT2D eigenvalue weighted by molar-refractivity contribution is -0.139. The summed E-state index contributed by atoms with van der Waals surface area (Å²) in [6.45, 7) is 2.09. The lowest BCUT2D eigenvalue weighted by Gasteiger charge is -2.13. The molecule has 0 radical (unpaired) electrons. The Balaban J connectivity index is 2.49. The molecule has 2 N–H and O–H groups in total. The number of carboxylic acids is 1. The molecule has 0 aliphatic carbocycles. The number of carbonyl (C=O) groups is 2. The number of nitrogens with zero attached hydrogens (tertiary/aromatic N) is 1. The van der Waals surface area contributed by atoms with Crippen LogP contribution >= 0.6 is 0 Å². The number of aliphatic carboxylic acids is 1. The quantitative estimate of drug-likeness (QED) is 0.706. The summed E-state index contributed by atoms with van der Waals surface area (Å²) in [6.07, 6.45) is 5.92. The molecular weight excluding hydrogens is 244 g/mol. The number of pyridine rings is 1. The minimum atomic E-state index is -0.999. The molecule has 0 spiro atoms. The number of carbonyl (C=O) groups excluding carboxylic acids is 1. The van der Waals surface area contributed by atoms with Gasteiger partial charge in [0.1, 0.15) is 11.7 Å². The van der Waals surface area contributed by atoms with Crippen LogP contribution in [0.1, 0.15) is 49.5 Å². The molecule has 0 fully saturated rings. The third kappa shape index (κ3) is 5.50. The molecule has 0 aliphatic rings. The minimum absolute atomic E-state index is 0.238. The van der Waals surface area contributed by atoms with Crippen molar-refractivity contribution in [1.29, 1.82) is 0 Å². The van der Waals surface area contributed by atoms with E-state index in [1.165, 1.54) is 6.20 Å². The zero-order valence-electron chi connectivity index (χ0n) is 11.1. The first-order valence-corrected chi connectivity index (χ1v) is 6.60. The second kappa shape index (κ2) is 8.24. The van der Waals surface area contributed by atoms with Crippen molar-refractivity contribution in [1.82, 2.24) is 10.3 Å². The van der Waals surface area contributed by atoms with Crippen molar-refractivity contribution < 1.29 is 14.7 Å². The van der Waals surface area contributed by atoms with Gasteiger partial charge < -0.3 is 10.4 Å². The van der Waals surface area contributed by atoms with Gasteiger partial charge in [0.15, 0.2) is 0 Å². The number of carboxylic acid groups (broad SMARTS) is 1. The van der Waals surface area contributed by atoms with Gasteiger partial charge in [0.2, 0.25) is 0 Å². The standard InChI is InChI=1S/C14H20N2O3/c1-2-3-4-5-9-12(14(18)19)16-13(17)11-8-6-7-10-15-11/h6-8,10,12H,2-5,9H2,1H3,(H,16,17)(H,18,19)/t12-/m0/s1. The Morgan fingerprint density at radius 2 is 2.11 bits per heavy atom. The van der Waals surface area contributed by atoms with Crippen LogP contribution in [0.2, 0.25) is 0 Å². The Kier molecular flexibility index (Phi) is 6.57. The number of rotatable bonds is 8. The molecule has 5 nitrogen and oxygen atoms in total. The van der Waals surface area contributed by atoms with Gasteiger partial charge in [-0.25, -0.2) is 4.79 Å². The SMILES string of the molecule is CCCCCC[C@H](NC(=O)c1ccccn1)C(=O)O. The molecular formula is C14H20N2O3. The molecule has 1 aromatic rings. The fourth-order valence-electron chi connectivity index (χ4n) is 1.76. The van der Waals surface area contributed by atoms with E-state index in [2.05, 4.69) is 17.2 Å². The Morgan fingerprint density at radius 1 is 1.32 bits per heavy atom. The predicted octanol–water partition coefficient (Wildman–Crippen LogP) is 2.23. The highest BCUT2D eigenvalue weighted by atomic mass is 16.4. The highest BCUT2D eigenvalue weighted by Gasteiger charge is 2.20. The summed E-state index contributed by atoms with van der Waals surface area (Å²) in [5.41, 5.74) is 0.238. The van der Waals surface area contributed by atoms with Gasteiger partial charge in [-0.3, -0.25) is 9.78 Å². The first-order chi connectivity index (χ1) is 9.15. The molecule has 0 aliphatic heterocycles. The Bertz CT molecular complexity index is 406. The molecule has 1 heterocycles. The van der Waals surface area contributed by atoms with Crippen LogP contribution < -0.4 is 5.32 Å². The molecule has 0 saturated carbocycles. The van der Waals surface area contributed by atoms with E-state index in [0.717, 1.165) is 25.7 Å². The van der Waals surface area contributed by atoms with Crippen LogP contribution in [0.25, 0.3) is 0 Å². The van der Waals surface area contributed by atoms with Crippen LogP contribution in [0.5, 0.6) is 0 Å². The number of amides is 1. The third-order valence-corrected chi connectivity index (χ3v) is 2.85. The molecule has 0 saturated heterocycles. The summed E-state index contributed by atoms with van der Waals surface area (Å²) in [6, 6.07) is 4.12. The Labute approximate surface area is 113 Å². The van der Waals surface area contributed by atoms with Gasteiger partial charge in [0.25, 0.3) is 5.91 Å². The van der Waals surface area contributed by atoms with Gasteiger partial charge >= 0.3 is 5.97 Å². The van der Waals surface area contributed by atoms with Crippen molar-refractivity contribution in [3.8, 4) is 0 Å². The zero-order chi connectivity index (χ0) is 14.1. The van der Waals surface area contributed by atoms with E-state index in [9.17, 15) is 9.59 Å². The van der Waals surface area contributed by atoms with Crippen LogP contribution in [0, 0.1) is 0 Å². The van der Waals surface area contributed by atoms with Gasteiger partial charge in [0, 0.05) is 6.20 Å². The van der Waals surface area contributed by atoms with E-state index in [1.54, 1.807) is 18.2 Å². The summed E-state index contributed by atoms with van der Waals surface area (Å²) in [4.78, 5) is 26.8. The summed E-state index contributed by atoms with van der Waals surface area (Å²) < 4.78 is 0. The predicted molar refractivity (Wildman–Crippen MR) is 71.9 cm³/mol. The van der Waals surface area contributed by atoms with E-state index >= 15 is 0 Å². The number of hydrogen-bond acceptors (Lipinski definition) is 3. The van der Waals surface area contributed by atoms with Gasteiger partial charge in [-0.1, -0.05) is 38.7 Å². The van der Waals surface area contributed by atoms with Gasteiger partial charge in [0.05, 0.1) is 0 Å². The fraction of sp³-hybridized carbons (Fsp3) is 0.500. The lowest BCUT2D eigenvalue weighted by Crippen LogP contribution is -2.41. The Morgan fingerprint density at radius 3 is 2.68 bits per heavy atom. The van der Waals surface area contributed by atoms with Gasteiger partial charge in [-0.2, -0.15) is 0 Å². The molecule has 19 heavy (non-hydrogen) atoms. The van der Waals surface area contributed by atoms with Crippen molar-refractivity contribution in [2.24, 2.45) is 0 Å². The second-order valence-corrected chi connectivity index (χ2v) is 4.43. The summed E-state index contributed by atoms with van der Waals surface area (Å²) in [5.74, 6) is -1.44. The van der Waals surface area contributed by atoms with Crippen molar-refractivity contribution in [2.75, 3.05) is 0 Å². The first-order valence-electron chi connectivity index (χ1n) is 6.60. The number of aromatic nitrogens is 1. The van der Waals surface area contributed by atoms with Crippen LogP contribution in [0.15, 0.2) is 24.4 Å². The third-order valence-electron chi connectivity index (χ3n) is 2.85. The summed E-state index contributed by atoms with van der Waals surface area (Å²) >= 11 is 0. The lowest BCUT2D eigenvalue weighted by atomic mass is 10.1. The normalized spacial score (nSPS) is 11.8. The van der Waals surface area contributed by atoms with E-state index in [-0.39, 0.29) is 5.69 Å². The average molecular weight is 264 g/mol. The van der Waals surface area contributed by atoms with Crippen LogP contribution in [-0.2, 0) is 4.79 Å². The molecule has 0 unspecified atom stereocenters. The highest BCUT2D eigenvalue weighted by molar-refractivity contribution is 5.94. The monoisotopic (exact) mass is 264 g/mol. The largest absolute Gasteiger partial charge is 0.480 e. The molecule has 104 valence electrons. The highest BCUT2D eigenvalue weighted by Crippen LogP contribution is 2.06. The molecule has 1 rings (SSSR count). The van der Waals surface area contributed by atoms with Crippen molar-refractivity contribution >= 4 is 11.9 Å². The maximum atomic E-state index is 11.8. The van der Waals surface area contributed by atoms with E-state index < -0.39 is 17.9 Å².